The molecule has 2 heterocycles. The highest BCUT2D eigenvalue weighted by molar-refractivity contribution is 6.84. The molecule has 5 heteroatoms. The predicted molar refractivity (Wildman–Crippen MR) is 112 cm³/mol. The SMILES string of the molecule is C[Si](C)(CCC1CC2CC1C1OC21)O[Si](C)(C)CCC1CC2CC1C1OC21. The molecule has 3 nitrogen and oxygen atoms in total. The predicted octanol–water partition coefficient (Wildman–Crippen LogP) is 5.04. The third-order valence-electron chi connectivity index (χ3n) is 9.25. The molecule has 152 valence electrons. The fourth-order valence-electron chi connectivity index (χ4n) is 8.04. The van der Waals surface area contributed by atoms with Crippen LogP contribution in [0.3, 0.4) is 0 Å². The van der Waals surface area contributed by atoms with E-state index in [1.165, 1.54) is 50.6 Å². The summed E-state index contributed by atoms with van der Waals surface area (Å²) in [4.78, 5) is 0. The summed E-state index contributed by atoms with van der Waals surface area (Å²) in [6, 6.07) is 2.72. The molecule has 6 aliphatic rings. The molecule has 0 radical (unpaired) electrons. The van der Waals surface area contributed by atoms with Crippen molar-refractivity contribution in [2.45, 2.75) is 101 Å². The van der Waals surface area contributed by atoms with Gasteiger partial charge in [0.25, 0.3) is 0 Å². The van der Waals surface area contributed by atoms with Crippen LogP contribution in [-0.2, 0) is 13.6 Å². The van der Waals surface area contributed by atoms with Crippen molar-refractivity contribution in [3.8, 4) is 0 Å². The van der Waals surface area contributed by atoms with Gasteiger partial charge in [0.05, 0.1) is 24.4 Å². The van der Waals surface area contributed by atoms with Gasteiger partial charge in [0.2, 0.25) is 0 Å². The van der Waals surface area contributed by atoms with Crippen LogP contribution < -0.4 is 0 Å². The Labute approximate surface area is 167 Å². The van der Waals surface area contributed by atoms with Crippen LogP contribution in [0.2, 0.25) is 38.3 Å². The van der Waals surface area contributed by atoms with Crippen LogP contribution in [0.15, 0.2) is 0 Å². The summed E-state index contributed by atoms with van der Waals surface area (Å²) in [6.07, 6.45) is 11.4. The summed E-state index contributed by atoms with van der Waals surface area (Å²) in [7, 11) is -3.09. The average Bonchev–Trinajstić information content (AvgIpc) is 3.43. The molecule has 4 saturated carbocycles. The zero-order valence-corrected chi connectivity index (χ0v) is 19.7. The van der Waals surface area contributed by atoms with E-state index in [2.05, 4.69) is 26.2 Å². The van der Waals surface area contributed by atoms with Crippen LogP contribution in [0.25, 0.3) is 0 Å². The molecule has 6 rings (SSSR count). The molecule has 6 fully saturated rings. The summed E-state index contributed by atoms with van der Waals surface area (Å²) >= 11 is 0. The molecule has 27 heavy (non-hydrogen) atoms. The van der Waals surface area contributed by atoms with E-state index in [4.69, 9.17) is 13.6 Å². The molecule has 2 saturated heterocycles. The van der Waals surface area contributed by atoms with Gasteiger partial charge in [-0.15, -0.1) is 0 Å². The topological polar surface area (TPSA) is 34.3 Å². The normalized spacial score (nSPS) is 51.6. The van der Waals surface area contributed by atoms with Gasteiger partial charge in [-0.2, -0.15) is 0 Å². The molecule has 4 aliphatic carbocycles. The largest absolute Gasteiger partial charge is 0.455 e. The fraction of sp³-hybridized carbons (Fsp3) is 1.00. The lowest BCUT2D eigenvalue weighted by Gasteiger charge is -2.36. The average molecular weight is 407 g/mol. The van der Waals surface area contributed by atoms with Crippen molar-refractivity contribution in [2.24, 2.45) is 35.5 Å². The maximum atomic E-state index is 6.99. The Hall–Kier alpha value is 0.314. The van der Waals surface area contributed by atoms with Gasteiger partial charge >= 0.3 is 0 Å². The van der Waals surface area contributed by atoms with E-state index >= 15 is 0 Å². The van der Waals surface area contributed by atoms with Gasteiger partial charge in [0, 0.05) is 0 Å². The van der Waals surface area contributed by atoms with Crippen LogP contribution in [0.5, 0.6) is 0 Å². The number of hydrogen-bond acceptors (Lipinski definition) is 3. The molecule has 0 aromatic heterocycles. The van der Waals surface area contributed by atoms with Crippen molar-refractivity contribution in [1.29, 1.82) is 0 Å². The lowest BCUT2D eigenvalue weighted by Crippen LogP contribution is -2.44. The van der Waals surface area contributed by atoms with Gasteiger partial charge in [-0.25, -0.2) is 0 Å². The van der Waals surface area contributed by atoms with Crippen LogP contribution in [0.1, 0.15) is 38.5 Å². The summed E-state index contributed by atoms with van der Waals surface area (Å²) in [5.41, 5.74) is 0. The second-order valence-corrected chi connectivity index (χ2v) is 21.0. The Kier molecular flexibility index (Phi) is 3.98. The van der Waals surface area contributed by atoms with E-state index in [-0.39, 0.29) is 0 Å². The second-order valence-electron chi connectivity index (χ2n) is 12.1. The minimum Gasteiger partial charge on any atom is -0.455 e. The maximum Gasteiger partial charge on any atom is 0.173 e. The van der Waals surface area contributed by atoms with E-state index in [1.807, 2.05) is 0 Å². The Morgan fingerprint density at radius 2 is 1.11 bits per heavy atom. The van der Waals surface area contributed by atoms with Gasteiger partial charge in [-0.05, 0) is 99.5 Å². The van der Waals surface area contributed by atoms with Crippen molar-refractivity contribution < 1.29 is 13.6 Å². The van der Waals surface area contributed by atoms with E-state index < -0.39 is 16.6 Å². The summed E-state index contributed by atoms with van der Waals surface area (Å²) in [6.45, 7) is 9.97. The highest BCUT2D eigenvalue weighted by atomic mass is 28.4. The number of epoxide rings is 2. The Morgan fingerprint density at radius 3 is 1.48 bits per heavy atom. The summed E-state index contributed by atoms with van der Waals surface area (Å²) in [5, 5.41) is 0. The Bertz CT molecular complexity index is 571. The number of hydrogen-bond donors (Lipinski definition) is 0. The first-order valence-corrected chi connectivity index (χ1v) is 18.0. The van der Waals surface area contributed by atoms with Crippen LogP contribution in [0, 0.1) is 35.5 Å². The van der Waals surface area contributed by atoms with E-state index in [9.17, 15) is 0 Å². The monoisotopic (exact) mass is 406 g/mol. The van der Waals surface area contributed by atoms with Gasteiger partial charge < -0.3 is 13.6 Å². The smallest absolute Gasteiger partial charge is 0.173 e. The van der Waals surface area contributed by atoms with Crippen molar-refractivity contribution >= 4 is 16.6 Å². The molecule has 0 N–H and O–H groups in total. The summed E-state index contributed by atoms with van der Waals surface area (Å²) < 4.78 is 18.7. The van der Waals surface area contributed by atoms with Gasteiger partial charge in [0.15, 0.2) is 16.6 Å². The van der Waals surface area contributed by atoms with E-state index in [1.54, 1.807) is 0 Å². The zero-order chi connectivity index (χ0) is 18.6. The third-order valence-corrected chi connectivity index (χ3v) is 16.7. The minimum atomic E-state index is -1.54. The molecule has 2 aliphatic heterocycles. The molecule has 10 unspecified atom stereocenters. The van der Waals surface area contributed by atoms with E-state index in [0.29, 0.717) is 24.4 Å². The van der Waals surface area contributed by atoms with Crippen molar-refractivity contribution in [3.05, 3.63) is 0 Å². The van der Waals surface area contributed by atoms with Crippen LogP contribution in [-0.4, -0.2) is 41.1 Å². The molecule has 0 amide bonds. The second kappa shape index (κ2) is 5.93. The Balaban J connectivity index is 0.982. The molecule has 4 bridgehead atoms. The van der Waals surface area contributed by atoms with E-state index in [0.717, 1.165) is 35.5 Å². The molecule has 0 aromatic carbocycles. The lowest BCUT2D eigenvalue weighted by molar-refractivity contribution is 0.247. The molecular formula is C22H38O3Si2. The first-order chi connectivity index (χ1) is 12.8. The minimum absolute atomic E-state index is 0.669. The quantitative estimate of drug-likeness (QED) is 0.418. The zero-order valence-electron chi connectivity index (χ0n) is 17.7. The molecule has 0 spiro atoms. The van der Waals surface area contributed by atoms with Gasteiger partial charge in [-0.1, -0.05) is 12.8 Å². The number of fused-ring (bicyclic) bond motifs is 10. The maximum absolute atomic E-state index is 6.99. The molecule has 0 aromatic rings. The fourth-order valence-corrected chi connectivity index (χ4v) is 17.0. The van der Waals surface area contributed by atoms with Crippen LogP contribution in [0.4, 0.5) is 0 Å². The van der Waals surface area contributed by atoms with Gasteiger partial charge in [0.1, 0.15) is 0 Å². The van der Waals surface area contributed by atoms with Crippen molar-refractivity contribution in [2.75, 3.05) is 0 Å². The number of ether oxygens (including phenoxy) is 2. The summed E-state index contributed by atoms with van der Waals surface area (Å²) in [5.74, 6) is 5.53. The van der Waals surface area contributed by atoms with Crippen molar-refractivity contribution in [1.82, 2.24) is 0 Å². The standard InChI is InChI=1S/C22H38O3Si2/c1-26(2,7-5-13-9-15-11-17(13)21-19(15)23-21)25-27(3,4)8-6-14-10-16-12-18(14)22-20(16)24-22/h13-22H,5-12H2,1-4H3. The first-order valence-electron chi connectivity index (χ1n) is 11.8. The molecule has 10 atom stereocenters. The highest BCUT2D eigenvalue weighted by Gasteiger charge is 2.63. The highest BCUT2D eigenvalue weighted by Crippen LogP contribution is 2.61. The first kappa shape index (κ1) is 18.1. The third kappa shape index (κ3) is 3.15. The van der Waals surface area contributed by atoms with Crippen molar-refractivity contribution in [3.63, 3.8) is 0 Å². The lowest BCUT2D eigenvalue weighted by atomic mass is 9.87. The van der Waals surface area contributed by atoms with Gasteiger partial charge in [-0.3, -0.25) is 0 Å². The van der Waals surface area contributed by atoms with Crippen LogP contribution >= 0.6 is 0 Å². The number of rotatable bonds is 8. The Morgan fingerprint density at radius 1 is 0.667 bits per heavy atom. The molecular weight excluding hydrogens is 368 g/mol.